The number of ether oxygens (including phenoxy) is 1. The Balaban J connectivity index is 4.37. The number of rotatable bonds is 7. The second-order valence-corrected chi connectivity index (χ2v) is 3.57. The first-order valence-corrected chi connectivity index (χ1v) is 4.93. The van der Waals surface area contributed by atoms with Gasteiger partial charge >= 0.3 is 5.97 Å². The van der Waals surface area contributed by atoms with Crippen LogP contribution in [0.25, 0.3) is 0 Å². The molecular weight excluding hydrogens is 236 g/mol. The zero-order chi connectivity index (χ0) is 13.6. The van der Waals surface area contributed by atoms with Crippen LogP contribution < -0.4 is 0 Å². The SMILES string of the molecule is COC(=O)CC(O)[C@H](O)[C@@H](O)[C@H](O)[C@H](O)CO. The molecule has 0 spiro atoms. The maximum atomic E-state index is 10.8. The van der Waals surface area contributed by atoms with E-state index in [1.807, 2.05) is 0 Å². The third-order valence-corrected chi connectivity index (χ3v) is 2.28. The van der Waals surface area contributed by atoms with Crippen LogP contribution in [0.5, 0.6) is 0 Å². The van der Waals surface area contributed by atoms with Crippen LogP contribution in [0.1, 0.15) is 6.42 Å². The standard InChI is InChI=1S/C9H18O8/c1-17-6(13)2-4(11)7(14)9(16)8(15)5(12)3-10/h4-5,7-12,14-16H,2-3H2,1H3/t4?,5-,7+,8-,9-/m1/s1. The highest BCUT2D eigenvalue weighted by atomic mass is 16.5. The van der Waals surface area contributed by atoms with Crippen molar-refractivity contribution < 1.29 is 40.2 Å². The maximum Gasteiger partial charge on any atom is 0.308 e. The highest BCUT2D eigenvalue weighted by Gasteiger charge is 2.34. The summed E-state index contributed by atoms with van der Waals surface area (Å²) in [4.78, 5) is 10.8. The normalized spacial score (nSPS) is 20.2. The van der Waals surface area contributed by atoms with Crippen molar-refractivity contribution in [3.8, 4) is 0 Å². The fraction of sp³-hybridized carbons (Fsp3) is 0.889. The lowest BCUT2D eigenvalue weighted by Crippen LogP contribution is -2.50. The van der Waals surface area contributed by atoms with Gasteiger partial charge in [-0.2, -0.15) is 0 Å². The van der Waals surface area contributed by atoms with Gasteiger partial charge in [0.15, 0.2) is 0 Å². The van der Waals surface area contributed by atoms with E-state index < -0.39 is 49.5 Å². The Morgan fingerprint density at radius 2 is 1.47 bits per heavy atom. The smallest absolute Gasteiger partial charge is 0.308 e. The molecule has 0 bridgehead atoms. The van der Waals surface area contributed by atoms with Crippen LogP contribution in [0.4, 0.5) is 0 Å². The summed E-state index contributed by atoms with van der Waals surface area (Å²) in [5, 5.41) is 54.9. The van der Waals surface area contributed by atoms with Crippen molar-refractivity contribution in [2.45, 2.75) is 36.9 Å². The highest BCUT2D eigenvalue weighted by Crippen LogP contribution is 2.11. The minimum atomic E-state index is -1.91. The van der Waals surface area contributed by atoms with Crippen LogP contribution in [0.3, 0.4) is 0 Å². The molecule has 0 aliphatic rings. The van der Waals surface area contributed by atoms with Crippen LogP contribution in [0.2, 0.25) is 0 Å². The molecule has 8 heteroatoms. The number of carbonyl (C=O) groups is 1. The molecule has 1 unspecified atom stereocenters. The first kappa shape index (κ1) is 16.2. The molecule has 0 amide bonds. The molecule has 8 nitrogen and oxygen atoms in total. The average molecular weight is 254 g/mol. The van der Waals surface area contributed by atoms with E-state index in [9.17, 15) is 25.2 Å². The lowest BCUT2D eigenvalue weighted by molar-refractivity contribution is -0.155. The van der Waals surface area contributed by atoms with E-state index >= 15 is 0 Å². The lowest BCUT2D eigenvalue weighted by Gasteiger charge is -2.28. The van der Waals surface area contributed by atoms with Gasteiger partial charge in [0.1, 0.15) is 24.4 Å². The van der Waals surface area contributed by atoms with Gasteiger partial charge < -0.3 is 35.4 Å². The summed E-state index contributed by atoms with van der Waals surface area (Å²) in [6, 6.07) is 0. The maximum absolute atomic E-state index is 10.8. The Kier molecular flexibility index (Phi) is 7.19. The van der Waals surface area contributed by atoms with E-state index in [2.05, 4.69) is 4.74 Å². The van der Waals surface area contributed by atoms with Crippen molar-refractivity contribution >= 4 is 5.97 Å². The Hall–Kier alpha value is -0.770. The zero-order valence-corrected chi connectivity index (χ0v) is 9.30. The predicted octanol–water partition coefficient (Wildman–Crippen LogP) is -3.65. The summed E-state index contributed by atoms with van der Waals surface area (Å²) in [6.07, 6.45) is -9.50. The molecule has 0 radical (unpaired) electrons. The molecule has 0 aliphatic heterocycles. The van der Waals surface area contributed by atoms with Gasteiger partial charge in [0.2, 0.25) is 0 Å². The van der Waals surface area contributed by atoms with Crippen LogP contribution in [0.15, 0.2) is 0 Å². The molecule has 0 rings (SSSR count). The summed E-state index contributed by atoms with van der Waals surface area (Å²) >= 11 is 0. The summed E-state index contributed by atoms with van der Waals surface area (Å²) in [5.41, 5.74) is 0. The molecule has 5 atom stereocenters. The fourth-order valence-corrected chi connectivity index (χ4v) is 1.14. The molecule has 17 heavy (non-hydrogen) atoms. The van der Waals surface area contributed by atoms with Gasteiger partial charge in [-0.3, -0.25) is 4.79 Å². The van der Waals surface area contributed by atoms with Crippen LogP contribution in [0, 0.1) is 0 Å². The quantitative estimate of drug-likeness (QED) is 0.255. The van der Waals surface area contributed by atoms with Crippen molar-refractivity contribution in [3.63, 3.8) is 0 Å². The zero-order valence-electron chi connectivity index (χ0n) is 9.30. The summed E-state index contributed by atoms with van der Waals surface area (Å²) in [6.45, 7) is -0.821. The summed E-state index contributed by atoms with van der Waals surface area (Å²) in [5.74, 6) is -0.805. The average Bonchev–Trinajstić information content (AvgIpc) is 2.34. The summed E-state index contributed by atoms with van der Waals surface area (Å²) < 4.78 is 4.24. The highest BCUT2D eigenvalue weighted by molar-refractivity contribution is 5.69. The Morgan fingerprint density at radius 3 is 1.88 bits per heavy atom. The number of aliphatic hydroxyl groups is 6. The van der Waals surface area contributed by atoms with Crippen molar-refractivity contribution in [1.82, 2.24) is 0 Å². The third kappa shape index (κ3) is 4.94. The van der Waals surface area contributed by atoms with Crippen molar-refractivity contribution in [2.24, 2.45) is 0 Å². The minimum Gasteiger partial charge on any atom is -0.469 e. The van der Waals surface area contributed by atoms with Gasteiger partial charge in [0.05, 0.1) is 26.2 Å². The van der Waals surface area contributed by atoms with Crippen molar-refractivity contribution in [3.05, 3.63) is 0 Å². The van der Waals surface area contributed by atoms with Crippen LogP contribution >= 0.6 is 0 Å². The van der Waals surface area contributed by atoms with E-state index in [4.69, 9.17) is 10.2 Å². The Bertz CT molecular complexity index is 233. The molecule has 0 aromatic rings. The van der Waals surface area contributed by atoms with Crippen molar-refractivity contribution in [1.29, 1.82) is 0 Å². The second kappa shape index (κ2) is 7.54. The van der Waals surface area contributed by atoms with Gasteiger partial charge in [-0.1, -0.05) is 0 Å². The van der Waals surface area contributed by atoms with Crippen LogP contribution in [-0.2, 0) is 9.53 Å². The van der Waals surface area contributed by atoms with E-state index in [-0.39, 0.29) is 0 Å². The fourth-order valence-electron chi connectivity index (χ4n) is 1.14. The first-order chi connectivity index (χ1) is 7.84. The largest absolute Gasteiger partial charge is 0.469 e. The molecule has 0 aliphatic carbocycles. The molecule has 0 saturated carbocycles. The molecule has 0 fully saturated rings. The van der Waals surface area contributed by atoms with Gasteiger partial charge in [0.25, 0.3) is 0 Å². The van der Waals surface area contributed by atoms with Crippen LogP contribution in [-0.4, -0.2) is 80.8 Å². The molecule has 0 heterocycles. The molecular formula is C9H18O8. The van der Waals surface area contributed by atoms with Gasteiger partial charge in [-0.15, -0.1) is 0 Å². The Labute approximate surface area is 97.7 Å². The molecule has 0 aromatic carbocycles. The number of aliphatic hydroxyl groups excluding tert-OH is 6. The lowest BCUT2D eigenvalue weighted by atomic mass is 9.98. The molecule has 0 saturated heterocycles. The number of hydrogen-bond acceptors (Lipinski definition) is 8. The van der Waals surface area contributed by atoms with E-state index in [0.717, 1.165) is 7.11 Å². The Morgan fingerprint density at radius 1 is 1.00 bits per heavy atom. The molecule has 6 N–H and O–H groups in total. The first-order valence-electron chi connectivity index (χ1n) is 4.93. The number of esters is 1. The van der Waals surface area contributed by atoms with Gasteiger partial charge in [0, 0.05) is 0 Å². The molecule has 102 valence electrons. The van der Waals surface area contributed by atoms with Gasteiger partial charge in [-0.05, 0) is 0 Å². The summed E-state index contributed by atoms with van der Waals surface area (Å²) in [7, 11) is 1.09. The van der Waals surface area contributed by atoms with Gasteiger partial charge in [-0.25, -0.2) is 0 Å². The number of methoxy groups -OCH3 is 1. The number of hydrogen-bond donors (Lipinski definition) is 6. The monoisotopic (exact) mass is 254 g/mol. The predicted molar refractivity (Wildman–Crippen MR) is 53.8 cm³/mol. The van der Waals surface area contributed by atoms with E-state index in [0.29, 0.717) is 0 Å². The second-order valence-electron chi connectivity index (χ2n) is 3.57. The molecule has 0 aromatic heterocycles. The van der Waals surface area contributed by atoms with E-state index in [1.54, 1.807) is 0 Å². The van der Waals surface area contributed by atoms with Crippen molar-refractivity contribution in [2.75, 3.05) is 13.7 Å². The third-order valence-electron chi connectivity index (χ3n) is 2.28. The topological polar surface area (TPSA) is 148 Å². The van der Waals surface area contributed by atoms with E-state index in [1.165, 1.54) is 0 Å². The number of carbonyl (C=O) groups excluding carboxylic acids is 1. The minimum absolute atomic E-state index is 0.573.